The van der Waals surface area contributed by atoms with Crippen LogP contribution in [0.4, 0.5) is 0 Å². The van der Waals surface area contributed by atoms with Crippen LogP contribution < -0.4 is 4.74 Å². The number of carbonyl (C=O) groups is 2. The van der Waals surface area contributed by atoms with Gasteiger partial charge in [0.1, 0.15) is 11.5 Å². The summed E-state index contributed by atoms with van der Waals surface area (Å²) >= 11 is 3.46. The molecule has 0 saturated carbocycles. The lowest BCUT2D eigenvalue weighted by Crippen LogP contribution is -2.35. The lowest BCUT2D eigenvalue weighted by atomic mass is 9.95. The van der Waals surface area contributed by atoms with E-state index in [-0.39, 0.29) is 17.4 Å². The zero-order valence-corrected chi connectivity index (χ0v) is 19.7. The number of halogens is 1. The topological polar surface area (TPSA) is 70.1 Å². The first kappa shape index (κ1) is 23.0. The Labute approximate surface area is 191 Å². The van der Waals surface area contributed by atoms with Gasteiger partial charge in [0.2, 0.25) is 0 Å². The molecule has 0 unspecified atom stereocenters. The second-order valence-corrected chi connectivity index (χ2v) is 8.96. The van der Waals surface area contributed by atoms with Crippen molar-refractivity contribution in [3.05, 3.63) is 69.7 Å². The van der Waals surface area contributed by atoms with Crippen LogP contribution in [0.1, 0.15) is 31.0 Å². The molecule has 1 saturated heterocycles. The molecule has 1 N–H and O–H groups in total. The van der Waals surface area contributed by atoms with Gasteiger partial charge >= 0.3 is 0 Å². The number of carbonyl (C=O) groups excluding carboxylic acids is 2. The standard InChI is InChI=1S/C24H27BrN2O4/c1-15(2)31-19-10-8-16(9-11-19)22(28)20-21(17-6-5-7-18(25)14-17)27(13-12-26(3)4)24(30)23(20)29/h5-11,14-15,21,28H,12-13H2,1-4H3/b22-20+/t21-/m0/s1. The fraction of sp³-hybridized carbons (Fsp3) is 0.333. The Morgan fingerprint density at radius 1 is 1.16 bits per heavy atom. The number of nitrogens with zero attached hydrogens (tertiary/aromatic N) is 2. The zero-order chi connectivity index (χ0) is 22.7. The number of amides is 1. The molecule has 1 aliphatic rings. The van der Waals surface area contributed by atoms with Gasteiger partial charge in [-0.2, -0.15) is 0 Å². The number of aliphatic hydroxyl groups is 1. The zero-order valence-electron chi connectivity index (χ0n) is 18.1. The summed E-state index contributed by atoms with van der Waals surface area (Å²) in [4.78, 5) is 29.4. The van der Waals surface area contributed by atoms with E-state index in [1.807, 2.05) is 57.1 Å². The van der Waals surface area contributed by atoms with Gasteiger partial charge in [0.25, 0.3) is 11.7 Å². The van der Waals surface area contributed by atoms with Crippen molar-refractivity contribution in [3.63, 3.8) is 0 Å². The van der Waals surface area contributed by atoms with Crippen LogP contribution in [-0.4, -0.2) is 59.9 Å². The molecule has 0 radical (unpaired) electrons. The van der Waals surface area contributed by atoms with Crippen LogP contribution in [0.25, 0.3) is 5.76 Å². The molecule has 0 bridgehead atoms. The predicted molar refractivity (Wildman–Crippen MR) is 124 cm³/mol. The number of rotatable bonds is 7. The molecule has 6 nitrogen and oxygen atoms in total. The average molecular weight is 487 g/mol. The Bertz CT molecular complexity index is 999. The third-order valence-corrected chi connectivity index (χ3v) is 5.49. The highest BCUT2D eigenvalue weighted by Gasteiger charge is 2.45. The van der Waals surface area contributed by atoms with Crippen LogP contribution in [0.2, 0.25) is 0 Å². The van der Waals surface area contributed by atoms with Crippen molar-refractivity contribution >= 4 is 33.4 Å². The molecule has 7 heteroatoms. The number of ether oxygens (including phenoxy) is 1. The maximum absolute atomic E-state index is 13.0. The molecule has 3 rings (SSSR count). The minimum Gasteiger partial charge on any atom is -0.507 e. The lowest BCUT2D eigenvalue weighted by Gasteiger charge is -2.26. The molecule has 0 aliphatic carbocycles. The van der Waals surface area contributed by atoms with Crippen molar-refractivity contribution < 1.29 is 19.4 Å². The molecule has 2 aromatic carbocycles. The number of hydrogen-bond donors (Lipinski definition) is 1. The minimum absolute atomic E-state index is 0.0259. The first-order valence-corrected chi connectivity index (χ1v) is 10.9. The van der Waals surface area contributed by atoms with Crippen molar-refractivity contribution in [3.8, 4) is 5.75 Å². The molecule has 1 fully saturated rings. The number of Topliss-reactive ketones (excluding diaryl/α,β-unsaturated/α-hetero) is 1. The van der Waals surface area contributed by atoms with Crippen molar-refractivity contribution in [2.45, 2.75) is 26.0 Å². The van der Waals surface area contributed by atoms with Gasteiger partial charge in [-0.1, -0.05) is 28.1 Å². The van der Waals surface area contributed by atoms with Crippen LogP contribution in [-0.2, 0) is 9.59 Å². The predicted octanol–water partition coefficient (Wildman–Crippen LogP) is 4.22. The number of benzene rings is 2. The monoisotopic (exact) mass is 486 g/mol. The van der Waals surface area contributed by atoms with Crippen LogP contribution in [0, 0.1) is 0 Å². The van der Waals surface area contributed by atoms with E-state index in [1.165, 1.54) is 4.90 Å². The number of hydrogen-bond acceptors (Lipinski definition) is 5. The van der Waals surface area contributed by atoms with Gasteiger partial charge in [0.15, 0.2) is 0 Å². The molecular weight excluding hydrogens is 460 g/mol. The number of likely N-dealkylation sites (N-methyl/N-ethyl adjacent to an activating group) is 1. The first-order valence-electron chi connectivity index (χ1n) is 10.1. The van der Waals surface area contributed by atoms with Crippen LogP contribution in [0.5, 0.6) is 5.75 Å². The van der Waals surface area contributed by atoms with Gasteiger partial charge in [-0.25, -0.2) is 0 Å². The maximum Gasteiger partial charge on any atom is 0.295 e. The van der Waals surface area contributed by atoms with E-state index >= 15 is 0 Å². The summed E-state index contributed by atoms with van der Waals surface area (Å²) in [6.45, 7) is 4.83. The Balaban J connectivity index is 2.08. The van der Waals surface area contributed by atoms with Gasteiger partial charge < -0.3 is 19.6 Å². The molecule has 1 atom stereocenters. The first-order chi connectivity index (χ1) is 14.7. The highest BCUT2D eigenvalue weighted by atomic mass is 79.9. The number of ketones is 1. The normalized spacial score (nSPS) is 18.3. The van der Waals surface area contributed by atoms with E-state index in [0.29, 0.717) is 24.4 Å². The fourth-order valence-corrected chi connectivity index (χ4v) is 3.98. The lowest BCUT2D eigenvalue weighted by molar-refractivity contribution is -0.140. The number of likely N-dealkylation sites (tertiary alicyclic amines) is 1. The van der Waals surface area contributed by atoms with Gasteiger partial charge in [-0.15, -0.1) is 0 Å². The highest BCUT2D eigenvalue weighted by Crippen LogP contribution is 2.40. The van der Waals surface area contributed by atoms with Crippen LogP contribution in [0.3, 0.4) is 0 Å². The summed E-state index contributed by atoms with van der Waals surface area (Å²) in [7, 11) is 3.82. The molecule has 1 aliphatic heterocycles. The molecular formula is C24H27BrN2O4. The molecule has 31 heavy (non-hydrogen) atoms. The molecule has 1 heterocycles. The Morgan fingerprint density at radius 3 is 2.42 bits per heavy atom. The number of aliphatic hydroxyl groups excluding tert-OH is 1. The van der Waals surface area contributed by atoms with Crippen molar-refractivity contribution in [1.29, 1.82) is 0 Å². The SMILES string of the molecule is CC(C)Oc1ccc(/C(O)=C2\C(=O)C(=O)N(CCN(C)C)[C@H]2c2cccc(Br)c2)cc1. The van der Waals surface area contributed by atoms with E-state index in [2.05, 4.69) is 15.9 Å². The third kappa shape index (κ3) is 5.17. The fourth-order valence-electron chi connectivity index (χ4n) is 3.56. The summed E-state index contributed by atoms with van der Waals surface area (Å²) < 4.78 is 6.48. The van der Waals surface area contributed by atoms with Gasteiger partial charge in [0.05, 0.1) is 17.7 Å². The van der Waals surface area contributed by atoms with E-state index < -0.39 is 17.7 Å². The van der Waals surface area contributed by atoms with E-state index in [0.717, 1.165) is 10.0 Å². The van der Waals surface area contributed by atoms with Crippen molar-refractivity contribution in [1.82, 2.24) is 9.80 Å². The smallest absolute Gasteiger partial charge is 0.295 e. The maximum atomic E-state index is 13.0. The Kier molecular flexibility index (Phi) is 7.18. The van der Waals surface area contributed by atoms with E-state index in [9.17, 15) is 14.7 Å². The van der Waals surface area contributed by atoms with Crippen LogP contribution in [0.15, 0.2) is 58.6 Å². The summed E-state index contributed by atoms with van der Waals surface area (Å²) in [6.07, 6.45) is 0.0259. The molecule has 164 valence electrons. The third-order valence-electron chi connectivity index (χ3n) is 4.99. The molecule has 2 aromatic rings. The Hall–Kier alpha value is -2.64. The van der Waals surface area contributed by atoms with Gasteiger partial charge in [-0.05, 0) is 69.9 Å². The van der Waals surface area contributed by atoms with Crippen molar-refractivity contribution in [2.75, 3.05) is 27.2 Å². The molecule has 1 amide bonds. The summed E-state index contributed by atoms with van der Waals surface area (Å²) in [5.41, 5.74) is 1.31. The second-order valence-electron chi connectivity index (χ2n) is 8.04. The Morgan fingerprint density at radius 2 is 1.84 bits per heavy atom. The van der Waals surface area contributed by atoms with Crippen LogP contribution >= 0.6 is 15.9 Å². The highest BCUT2D eigenvalue weighted by molar-refractivity contribution is 9.10. The largest absolute Gasteiger partial charge is 0.507 e. The minimum atomic E-state index is -0.677. The summed E-state index contributed by atoms with van der Waals surface area (Å²) in [5, 5.41) is 11.1. The van der Waals surface area contributed by atoms with Gasteiger partial charge in [0, 0.05) is 23.1 Å². The second kappa shape index (κ2) is 9.66. The average Bonchev–Trinajstić information content (AvgIpc) is 2.96. The summed E-state index contributed by atoms with van der Waals surface area (Å²) in [5.74, 6) is -0.801. The van der Waals surface area contributed by atoms with E-state index in [1.54, 1.807) is 24.3 Å². The van der Waals surface area contributed by atoms with Gasteiger partial charge in [-0.3, -0.25) is 9.59 Å². The molecule has 0 aromatic heterocycles. The quantitative estimate of drug-likeness (QED) is 0.360. The molecule has 0 spiro atoms. The van der Waals surface area contributed by atoms with E-state index in [4.69, 9.17) is 4.74 Å². The van der Waals surface area contributed by atoms with Crippen molar-refractivity contribution in [2.24, 2.45) is 0 Å². The summed E-state index contributed by atoms with van der Waals surface area (Å²) in [6, 6.07) is 13.7.